The van der Waals surface area contributed by atoms with Gasteiger partial charge < -0.3 is 15.8 Å². The van der Waals surface area contributed by atoms with Crippen molar-refractivity contribution in [2.75, 3.05) is 13.7 Å². The first-order valence-electron chi connectivity index (χ1n) is 4.80. The first kappa shape index (κ1) is 10.5. The molecule has 1 fully saturated rings. The molecule has 1 rings (SSSR count). The average Bonchev–Trinajstić information content (AvgIpc) is 2.51. The first-order valence-corrected chi connectivity index (χ1v) is 4.80. The number of nitrogens with one attached hydrogen (secondary N) is 1. The average molecular weight is 186 g/mol. The van der Waals surface area contributed by atoms with E-state index >= 15 is 0 Å². The Kier molecular flexibility index (Phi) is 4.18. The Bertz CT molecular complexity index is 173. The summed E-state index contributed by atoms with van der Waals surface area (Å²) < 4.78 is 5.50. The van der Waals surface area contributed by atoms with Gasteiger partial charge in [0.15, 0.2) is 0 Å². The van der Waals surface area contributed by atoms with E-state index in [1.807, 2.05) is 0 Å². The summed E-state index contributed by atoms with van der Waals surface area (Å²) in [5.41, 5.74) is 5.72. The molecule has 0 saturated heterocycles. The summed E-state index contributed by atoms with van der Waals surface area (Å²) in [5.74, 6) is 0.0299. The molecule has 1 aliphatic rings. The highest BCUT2D eigenvalue weighted by Gasteiger charge is 2.21. The van der Waals surface area contributed by atoms with Crippen LogP contribution in [0, 0.1) is 0 Å². The van der Waals surface area contributed by atoms with Crippen LogP contribution in [0.15, 0.2) is 0 Å². The van der Waals surface area contributed by atoms with Crippen molar-refractivity contribution in [1.29, 1.82) is 0 Å². The lowest BCUT2D eigenvalue weighted by Gasteiger charge is -2.10. The van der Waals surface area contributed by atoms with Crippen molar-refractivity contribution < 1.29 is 9.53 Å². The predicted octanol–water partition coefficient (Wildman–Crippen LogP) is 0.0189. The van der Waals surface area contributed by atoms with Crippen molar-refractivity contribution >= 4 is 5.91 Å². The van der Waals surface area contributed by atoms with Crippen molar-refractivity contribution in [1.82, 2.24) is 5.32 Å². The van der Waals surface area contributed by atoms with Gasteiger partial charge in [-0.3, -0.25) is 4.79 Å². The van der Waals surface area contributed by atoms with Gasteiger partial charge >= 0.3 is 0 Å². The van der Waals surface area contributed by atoms with Gasteiger partial charge in [0.1, 0.15) is 0 Å². The molecule has 13 heavy (non-hydrogen) atoms. The fourth-order valence-corrected chi connectivity index (χ4v) is 1.57. The Morgan fingerprint density at radius 2 is 2.38 bits per heavy atom. The van der Waals surface area contributed by atoms with E-state index in [9.17, 15) is 4.79 Å². The fourth-order valence-electron chi connectivity index (χ4n) is 1.57. The van der Waals surface area contributed by atoms with Crippen molar-refractivity contribution in [3.05, 3.63) is 0 Å². The van der Waals surface area contributed by atoms with Gasteiger partial charge in [-0.15, -0.1) is 0 Å². The third-order valence-electron chi connectivity index (χ3n) is 2.39. The van der Waals surface area contributed by atoms with E-state index in [0.717, 1.165) is 19.3 Å². The standard InChI is InChI=1S/C9H18N2O2/c1-11-9(12)4-5-13-8-3-2-7(10)6-8/h7-8H,2-6,10H2,1H3,(H,11,12). The lowest BCUT2D eigenvalue weighted by molar-refractivity contribution is -0.122. The largest absolute Gasteiger partial charge is 0.378 e. The van der Waals surface area contributed by atoms with Crippen LogP contribution in [0.5, 0.6) is 0 Å². The maximum atomic E-state index is 10.8. The van der Waals surface area contributed by atoms with Crippen LogP contribution in [-0.4, -0.2) is 31.7 Å². The zero-order valence-corrected chi connectivity index (χ0v) is 8.08. The van der Waals surface area contributed by atoms with Gasteiger partial charge in [0.25, 0.3) is 0 Å². The van der Waals surface area contributed by atoms with Crippen molar-refractivity contribution in [2.24, 2.45) is 5.73 Å². The molecule has 3 N–H and O–H groups in total. The van der Waals surface area contributed by atoms with Crippen LogP contribution in [-0.2, 0) is 9.53 Å². The Hall–Kier alpha value is -0.610. The van der Waals surface area contributed by atoms with E-state index in [1.54, 1.807) is 7.05 Å². The minimum atomic E-state index is 0.0299. The molecule has 76 valence electrons. The molecule has 0 radical (unpaired) electrons. The molecule has 0 aliphatic heterocycles. The van der Waals surface area contributed by atoms with Gasteiger partial charge in [0, 0.05) is 19.5 Å². The second-order valence-corrected chi connectivity index (χ2v) is 3.49. The van der Waals surface area contributed by atoms with Crippen LogP contribution in [0.25, 0.3) is 0 Å². The number of carbonyl (C=O) groups is 1. The van der Waals surface area contributed by atoms with Crippen LogP contribution in [0.2, 0.25) is 0 Å². The quantitative estimate of drug-likeness (QED) is 0.650. The molecule has 0 bridgehead atoms. The summed E-state index contributed by atoms with van der Waals surface area (Å²) in [6.45, 7) is 0.511. The summed E-state index contributed by atoms with van der Waals surface area (Å²) in [5, 5.41) is 2.56. The number of amides is 1. The molecule has 0 spiro atoms. The fraction of sp³-hybridized carbons (Fsp3) is 0.889. The molecular weight excluding hydrogens is 168 g/mol. The minimum absolute atomic E-state index is 0.0299. The SMILES string of the molecule is CNC(=O)CCOC1CCC(N)C1. The Morgan fingerprint density at radius 3 is 2.92 bits per heavy atom. The third-order valence-corrected chi connectivity index (χ3v) is 2.39. The van der Waals surface area contributed by atoms with Gasteiger partial charge in [0.2, 0.25) is 5.91 Å². The molecule has 1 aliphatic carbocycles. The predicted molar refractivity (Wildman–Crippen MR) is 50.3 cm³/mol. The highest BCUT2D eigenvalue weighted by atomic mass is 16.5. The normalized spacial score (nSPS) is 27.5. The number of hydrogen-bond acceptors (Lipinski definition) is 3. The summed E-state index contributed by atoms with van der Waals surface area (Å²) in [7, 11) is 1.63. The van der Waals surface area contributed by atoms with Gasteiger partial charge in [-0.2, -0.15) is 0 Å². The van der Waals surface area contributed by atoms with E-state index in [2.05, 4.69) is 5.32 Å². The smallest absolute Gasteiger partial charge is 0.222 e. The molecule has 2 unspecified atom stereocenters. The van der Waals surface area contributed by atoms with Crippen LogP contribution in [0.3, 0.4) is 0 Å². The Balaban J connectivity index is 2.03. The van der Waals surface area contributed by atoms with Gasteiger partial charge in [-0.25, -0.2) is 0 Å². The number of hydrogen-bond donors (Lipinski definition) is 2. The number of ether oxygens (including phenoxy) is 1. The molecule has 0 aromatic carbocycles. The van der Waals surface area contributed by atoms with Crippen LogP contribution < -0.4 is 11.1 Å². The molecule has 0 aromatic rings. The molecule has 0 aromatic heterocycles. The summed E-state index contributed by atoms with van der Waals surface area (Å²) >= 11 is 0. The number of nitrogens with two attached hydrogens (primary N) is 1. The monoisotopic (exact) mass is 186 g/mol. The molecule has 4 heteroatoms. The Morgan fingerprint density at radius 1 is 1.62 bits per heavy atom. The third kappa shape index (κ3) is 3.74. The highest BCUT2D eigenvalue weighted by molar-refractivity contribution is 5.75. The topological polar surface area (TPSA) is 64.3 Å². The van der Waals surface area contributed by atoms with Crippen molar-refractivity contribution in [2.45, 2.75) is 37.8 Å². The molecule has 2 atom stereocenters. The zero-order valence-electron chi connectivity index (χ0n) is 8.08. The maximum Gasteiger partial charge on any atom is 0.222 e. The van der Waals surface area contributed by atoms with E-state index in [1.165, 1.54) is 0 Å². The molecule has 4 nitrogen and oxygen atoms in total. The number of rotatable bonds is 4. The summed E-state index contributed by atoms with van der Waals surface area (Å²) in [4.78, 5) is 10.8. The summed E-state index contributed by atoms with van der Waals surface area (Å²) in [6, 6.07) is 0.296. The Labute approximate surface area is 78.8 Å². The van der Waals surface area contributed by atoms with Crippen LogP contribution in [0.4, 0.5) is 0 Å². The van der Waals surface area contributed by atoms with E-state index in [-0.39, 0.29) is 12.0 Å². The van der Waals surface area contributed by atoms with Crippen molar-refractivity contribution in [3.63, 3.8) is 0 Å². The molecule has 1 amide bonds. The lowest BCUT2D eigenvalue weighted by atomic mass is 10.3. The van der Waals surface area contributed by atoms with E-state index in [0.29, 0.717) is 19.1 Å². The van der Waals surface area contributed by atoms with Crippen LogP contribution in [0.1, 0.15) is 25.7 Å². The summed E-state index contributed by atoms with van der Waals surface area (Å²) in [6.07, 6.45) is 3.75. The van der Waals surface area contributed by atoms with E-state index < -0.39 is 0 Å². The minimum Gasteiger partial charge on any atom is -0.378 e. The second-order valence-electron chi connectivity index (χ2n) is 3.49. The molecule has 0 heterocycles. The number of carbonyl (C=O) groups excluding carboxylic acids is 1. The van der Waals surface area contributed by atoms with E-state index in [4.69, 9.17) is 10.5 Å². The van der Waals surface area contributed by atoms with Gasteiger partial charge in [-0.1, -0.05) is 0 Å². The van der Waals surface area contributed by atoms with Gasteiger partial charge in [0.05, 0.1) is 12.7 Å². The zero-order chi connectivity index (χ0) is 9.68. The first-order chi connectivity index (χ1) is 6.22. The lowest BCUT2D eigenvalue weighted by Crippen LogP contribution is -2.22. The second kappa shape index (κ2) is 5.19. The maximum absolute atomic E-state index is 10.8. The highest BCUT2D eigenvalue weighted by Crippen LogP contribution is 2.20. The van der Waals surface area contributed by atoms with Crippen molar-refractivity contribution in [3.8, 4) is 0 Å². The molecule has 1 saturated carbocycles. The van der Waals surface area contributed by atoms with Gasteiger partial charge in [-0.05, 0) is 19.3 Å². The van der Waals surface area contributed by atoms with Crippen LogP contribution >= 0.6 is 0 Å². The molecular formula is C9H18N2O2.